The van der Waals surface area contributed by atoms with Gasteiger partial charge >= 0.3 is 6.09 Å². The van der Waals surface area contributed by atoms with Crippen molar-refractivity contribution >= 4 is 44.4 Å². The fourth-order valence-corrected chi connectivity index (χ4v) is 5.73. The quantitative estimate of drug-likeness (QED) is 0.605. The number of hydrogen-bond donors (Lipinski definition) is 0. The van der Waals surface area contributed by atoms with Crippen molar-refractivity contribution in [3.05, 3.63) is 47.2 Å². The molecular formula is C19H17ClN4O5S. The predicted octanol–water partition coefficient (Wildman–Crippen LogP) is 3.19. The van der Waals surface area contributed by atoms with Gasteiger partial charge in [0.2, 0.25) is 0 Å². The summed E-state index contributed by atoms with van der Waals surface area (Å²) in [5.74, 6) is 0. The smallest absolute Gasteiger partial charge is 0.414 e. The first kappa shape index (κ1) is 19.3. The van der Waals surface area contributed by atoms with Crippen molar-refractivity contribution < 1.29 is 22.5 Å². The Kier molecular flexibility index (Phi) is 4.64. The van der Waals surface area contributed by atoms with Crippen molar-refractivity contribution in [3.8, 4) is 0 Å². The molecule has 11 heteroatoms. The van der Waals surface area contributed by atoms with Gasteiger partial charge in [0, 0.05) is 24.7 Å². The molecule has 2 aromatic heterocycles. The molecule has 3 aromatic rings. The van der Waals surface area contributed by atoms with E-state index in [2.05, 4.69) is 10.1 Å². The van der Waals surface area contributed by atoms with Gasteiger partial charge in [-0.05, 0) is 18.9 Å². The third kappa shape index (κ3) is 3.03. The Morgan fingerprint density at radius 3 is 2.70 bits per heavy atom. The van der Waals surface area contributed by atoms with Crippen LogP contribution in [0.25, 0.3) is 11.0 Å². The Labute approximate surface area is 177 Å². The molecule has 2 aliphatic rings. The number of ether oxygens (including phenoxy) is 1. The molecule has 0 atom stereocenters. The number of cyclic esters (lactones) is 1. The van der Waals surface area contributed by atoms with E-state index in [-0.39, 0.29) is 46.8 Å². The average Bonchev–Trinajstić information content (AvgIpc) is 3.24. The van der Waals surface area contributed by atoms with Crippen molar-refractivity contribution in [1.29, 1.82) is 0 Å². The minimum Gasteiger partial charge on any atom is -0.444 e. The monoisotopic (exact) mass is 448 g/mol. The number of fused-ring (bicyclic) bond motifs is 2. The van der Waals surface area contributed by atoms with Crippen LogP contribution in [0.1, 0.15) is 18.4 Å². The number of anilines is 1. The Hall–Kier alpha value is -2.69. The molecule has 0 aliphatic carbocycles. The largest absolute Gasteiger partial charge is 0.444 e. The molecular weight excluding hydrogens is 432 g/mol. The number of benzene rings is 1. The molecule has 0 radical (unpaired) electrons. The summed E-state index contributed by atoms with van der Waals surface area (Å²) in [7, 11) is -3.87. The number of carbonyl (C=O) groups excluding carboxylic acids is 1. The van der Waals surface area contributed by atoms with Crippen LogP contribution in [0.4, 0.5) is 10.5 Å². The Morgan fingerprint density at radius 2 is 1.90 bits per heavy atom. The van der Waals surface area contributed by atoms with Crippen molar-refractivity contribution in [2.24, 2.45) is 0 Å². The summed E-state index contributed by atoms with van der Waals surface area (Å²) in [5.41, 5.74) is 1.95. The first-order chi connectivity index (χ1) is 14.5. The van der Waals surface area contributed by atoms with E-state index in [1.165, 1.54) is 16.7 Å². The summed E-state index contributed by atoms with van der Waals surface area (Å²) < 4.78 is 38.1. The molecule has 2 aliphatic heterocycles. The van der Waals surface area contributed by atoms with E-state index < -0.39 is 16.1 Å². The molecule has 0 unspecified atom stereocenters. The lowest BCUT2D eigenvalue weighted by atomic mass is 10.0. The maximum Gasteiger partial charge on any atom is 0.414 e. The van der Waals surface area contributed by atoms with Gasteiger partial charge in [0.1, 0.15) is 11.6 Å². The summed E-state index contributed by atoms with van der Waals surface area (Å²) in [5, 5.41) is 3.95. The zero-order valence-electron chi connectivity index (χ0n) is 15.7. The third-order valence-electron chi connectivity index (χ3n) is 5.48. The minimum absolute atomic E-state index is 0.135. The Balaban J connectivity index is 1.39. The molecule has 1 saturated heterocycles. The summed E-state index contributed by atoms with van der Waals surface area (Å²) in [4.78, 5) is 18.1. The molecule has 1 fully saturated rings. The van der Waals surface area contributed by atoms with E-state index in [0.29, 0.717) is 12.8 Å². The van der Waals surface area contributed by atoms with Crippen LogP contribution >= 0.6 is 11.6 Å². The number of amides is 1. The van der Waals surface area contributed by atoms with Gasteiger partial charge in [-0.15, -0.1) is 0 Å². The van der Waals surface area contributed by atoms with Crippen molar-refractivity contribution in [2.75, 3.05) is 18.0 Å². The molecule has 30 heavy (non-hydrogen) atoms. The molecule has 0 bridgehead atoms. The molecule has 1 amide bonds. The van der Waals surface area contributed by atoms with Gasteiger partial charge < -0.3 is 9.26 Å². The molecule has 4 heterocycles. The lowest BCUT2D eigenvalue weighted by Crippen LogP contribution is -2.50. The number of hydrogen-bond acceptors (Lipinski definition) is 7. The molecule has 5 rings (SSSR count). The van der Waals surface area contributed by atoms with Crippen LogP contribution in [-0.4, -0.2) is 48.1 Å². The number of para-hydroxylation sites is 1. The highest BCUT2D eigenvalue weighted by Gasteiger charge is 2.38. The number of rotatable bonds is 3. The summed E-state index contributed by atoms with van der Waals surface area (Å²) in [6, 6.07) is 7.43. The fourth-order valence-electron chi connectivity index (χ4n) is 4.00. The van der Waals surface area contributed by atoms with Crippen LogP contribution in [-0.2, 0) is 21.4 Å². The van der Waals surface area contributed by atoms with Gasteiger partial charge in [-0.2, -0.15) is 4.31 Å². The SMILES string of the molecule is O=C1OCc2ccccc2N1C1CCN(S(=O)(=O)c2ncc(Cl)c3oncc23)CC1. The summed E-state index contributed by atoms with van der Waals surface area (Å²) in [6.45, 7) is 0.738. The van der Waals surface area contributed by atoms with Crippen LogP contribution in [0, 0.1) is 0 Å². The highest BCUT2D eigenvalue weighted by molar-refractivity contribution is 7.89. The van der Waals surface area contributed by atoms with Crippen LogP contribution in [0.3, 0.4) is 0 Å². The van der Waals surface area contributed by atoms with E-state index in [1.807, 2.05) is 24.3 Å². The second-order valence-corrected chi connectivity index (χ2v) is 9.43. The van der Waals surface area contributed by atoms with Crippen molar-refractivity contribution in [1.82, 2.24) is 14.4 Å². The molecule has 9 nitrogen and oxygen atoms in total. The highest BCUT2D eigenvalue weighted by Crippen LogP contribution is 2.34. The fraction of sp³-hybridized carbons (Fsp3) is 0.316. The first-order valence-corrected chi connectivity index (χ1v) is 11.2. The molecule has 156 valence electrons. The average molecular weight is 449 g/mol. The zero-order chi connectivity index (χ0) is 20.9. The van der Waals surface area contributed by atoms with Crippen molar-refractivity contribution in [3.63, 3.8) is 0 Å². The number of pyridine rings is 1. The second-order valence-electron chi connectivity index (χ2n) is 7.17. The lowest BCUT2D eigenvalue weighted by Gasteiger charge is -2.39. The number of carbonyl (C=O) groups is 1. The highest BCUT2D eigenvalue weighted by atomic mass is 35.5. The Morgan fingerprint density at radius 1 is 1.13 bits per heavy atom. The van der Waals surface area contributed by atoms with E-state index in [1.54, 1.807) is 4.90 Å². The predicted molar refractivity (Wildman–Crippen MR) is 108 cm³/mol. The number of nitrogens with zero attached hydrogens (tertiary/aromatic N) is 4. The van der Waals surface area contributed by atoms with E-state index in [4.69, 9.17) is 20.9 Å². The van der Waals surface area contributed by atoms with Crippen LogP contribution < -0.4 is 4.90 Å². The Bertz CT molecular complexity index is 1240. The van der Waals surface area contributed by atoms with E-state index in [0.717, 1.165) is 11.3 Å². The molecule has 1 aromatic carbocycles. The topological polar surface area (TPSA) is 106 Å². The van der Waals surface area contributed by atoms with Gasteiger partial charge in [-0.25, -0.2) is 18.2 Å². The van der Waals surface area contributed by atoms with Crippen LogP contribution in [0.15, 0.2) is 46.2 Å². The normalized spacial score (nSPS) is 18.4. The van der Waals surface area contributed by atoms with Gasteiger partial charge in [-0.3, -0.25) is 4.90 Å². The van der Waals surface area contributed by atoms with Gasteiger partial charge in [0.05, 0.1) is 23.5 Å². The minimum atomic E-state index is -3.87. The van der Waals surface area contributed by atoms with E-state index in [9.17, 15) is 13.2 Å². The van der Waals surface area contributed by atoms with Gasteiger partial charge in [0.25, 0.3) is 10.0 Å². The van der Waals surface area contributed by atoms with E-state index >= 15 is 0 Å². The maximum absolute atomic E-state index is 13.2. The molecule has 0 saturated carbocycles. The summed E-state index contributed by atoms with van der Waals surface area (Å²) >= 11 is 6.01. The standard InChI is InChI=1S/C19H17ClN4O5S/c20-15-10-21-18(14-9-22-29-17(14)15)30(26,27)23-7-5-13(6-8-23)24-16-4-2-1-3-12(16)11-28-19(24)25/h1-4,9-10,13H,5-8,11H2. The maximum atomic E-state index is 13.2. The molecule has 0 spiro atoms. The number of aromatic nitrogens is 2. The first-order valence-electron chi connectivity index (χ1n) is 9.40. The summed E-state index contributed by atoms with van der Waals surface area (Å²) in [6.07, 6.45) is 3.09. The van der Waals surface area contributed by atoms with Gasteiger partial charge in [0.15, 0.2) is 10.6 Å². The zero-order valence-corrected chi connectivity index (χ0v) is 17.3. The second kappa shape index (κ2) is 7.22. The number of piperidine rings is 1. The lowest BCUT2D eigenvalue weighted by molar-refractivity contribution is 0.136. The number of halogens is 1. The van der Waals surface area contributed by atoms with Gasteiger partial charge in [-0.1, -0.05) is 35.0 Å². The third-order valence-corrected chi connectivity index (χ3v) is 7.61. The molecule has 0 N–H and O–H groups in total. The van der Waals surface area contributed by atoms with Crippen molar-refractivity contribution in [2.45, 2.75) is 30.5 Å². The van der Waals surface area contributed by atoms with Crippen LogP contribution in [0.2, 0.25) is 5.02 Å². The number of sulfonamides is 1. The van der Waals surface area contributed by atoms with Crippen LogP contribution in [0.5, 0.6) is 0 Å².